The standard InChI is InChI=1S/C24H23NO3/c1-17-10-9-11-18(2)23(17)25-21(26)16-28-24(27)22(19-12-5-3-6-13-19)20-14-7-4-8-15-20/h3-15,22H,16H2,1-2H3,(H,25,26). The van der Waals surface area contributed by atoms with Crippen molar-refractivity contribution in [3.8, 4) is 0 Å². The minimum Gasteiger partial charge on any atom is -0.455 e. The molecule has 0 aliphatic rings. The fourth-order valence-electron chi connectivity index (χ4n) is 3.16. The van der Waals surface area contributed by atoms with E-state index < -0.39 is 11.9 Å². The molecule has 0 bridgehead atoms. The number of benzene rings is 3. The van der Waals surface area contributed by atoms with Crippen molar-refractivity contribution < 1.29 is 14.3 Å². The van der Waals surface area contributed by atoms with Gasteiger partial charge in [0.25, 0.3) is 5.91 Å². The summed E-state index contributed by atoms with van der Waals surface area (Å²) in [7, 11) is 0. The summed E-state index contributed by atoms with van der Waals surface area (Å²) in [6.45, 7) is 3.52. The monoisotopic (exact) mass is 373 g/mol. The zero-order valence-corrected chi connectivity index (χ0v) is 16.0. The molecule has 0 saturated heterocycles. The molecule has 0 aromatic heterocycles. The summed E-state index contributed by atoms with van der Waals surface area (Å²) in [5.74, 6) is -1.38. The number of carbonyl (C=O) groups is 2. The zero-order chi connectivity index (χ0) is 19.9. The molecule has 0 unspecified atom stereocenters. The quantitative estimate of drug-likeness (QED) is 0.642. The maximum atomic E-state index is 12.8. The molecule has 0 saturated carbocycles. The van der Waals surface area contributed by atoms with Gasteiger partial charge in [-0.3, -0.25) is 9.59 Å². The lowest BCUT2D eigenvalue weighted by Gasteiger charge is -2.17. The molecule has 3 rings (SSSR count). The average Bonchev–Trinajstić information content (AvgIpc) is 2.71. The van der Waals surface area contributed by atoms with Gasteiger partial charge in [0, 0.05) is 5.69 Å². The summed E-state index contributed by atoms with van der Waals surface area (Å²) in [6.07, 6.45) is 0. The predicted octanol–water partition coefficient (Wildman–Crippen LogP) is 4.62. The Hall–Kier alpha value is -3.40. The van der Waals surface area contributed by atoms with Gasteiger partial charge in [-0.15, -0.1) is 0 Å². The van der Waals surface area contributed by atoms with Crippen LogP contribution in [0.15, 0.2) is 78.9 Å². The molecule has 4 nitrogen and oxygen atoms in total. The highest BCUT2D eigenvalue weighted by molar-refractivity contribution is 5.95. The maximum absolute atomic E-state index is 12.8. The van der Waals surface area contributed by atoms with E-state index in [9.17, 15) is 9.59 Å². The molecule has 0 aliphatic carbocycles. The predicted molar refractivity (Wildman–Crippen MR) is 110 cm³/mol. The van der Waals surface area contributed by atoms with Crippen LogP contribution in [0.5, 0.6) is 0 Å². The molecule has 0 aliphatic heterocycles. The minimum atomic E-state index is -0.574. The number of nitrogens with one attached hydrogen (secondary N) is 1. The summed E-state index contributed by atoms with van der Waals surface area (Å²) < 4.78 is 5.38. The van der Waals surface area contributed by atoms with Crippen molar-refractivity contribution in [1.29, 1.82) is 0 Å². The Morgan fingerprint density at radius 1 is 0.786 bits per heavy atom. The molecule has 0 atom stereocenters. The number of esters is 1. The summed E-state index contributed by atoms with van der Waals surface area (Å²) in [5, 5.41) is 2.84. The first-order chi connectivity index (χ1) is 13.6. The van der Waals surface area contributed by atoms with Crippen LogP contribution in [0.1, 0.15) is 28.2 Å². The van der Waals surface area contributed by atoms with Gasteiger partial charge in [-0.05, 0) is 36.1 Å². The number of rotatable bonds is 6. The molecule has 142 valence electrons. The van der Waals surface area contributed by atoms with Crippen molar-refractivity contribution in [3.05, 3.63) is 101 Å². The second kappa shape index (κ2) is 9.00. The average molecular weight is 373 g/mol. The Balaban J connectivity index is 1.71. The number of hydrogen-bond donors (Lipinski definition) is 1. The molecular weight excluding hydrogens is 350 g/mol. The van der Waals surface area contributed by atoms with Gasteiger partial charge in [0.1, 0.15) is 5.92 Å². The molecule has 0 heterocycles. The molecule has 0 spiro atoms. The van der Waals surface area contributed by atoms with Gasteiger partial charge in [0.2, 0.25) is 0 Å². The van der Waals surface area contributed by atoms with Crippen LogP contribution in [0.4, 0.5) is 5.69 Å². The lowest BCUT2D eigenvalue weighted by molar-refractivity contribution is -0.147. The van der Waals surface area contributed by atoms with Crippen molar-refractivity contribution in [3.63, 3.8) is 0 Å². The van der Waals surface area contributed by atoms with Gasteiger partial charge in [0.15, 0.2) is 6.61 Å². The molecule has 0 fully saturated rings. The van der Waals surface area contributed by atoms with Crippen LogP contribution in [0.25, 0.3) is 0 Å². The molecule has 1 amide bonds. The third-order valence-electron chi connectivity index (χ3n) is 4.59. The van der Waals surface area contributed by atoms with Crippen molar-refractivity contribution in [2.45, 2.75) is 19.8 Å². The van der Waals surface area contributed by atoms with Gasteiger partial charge >= 0.3 is 5.97 Å². The molecule has 28 heavy (non-hydrogen) atoms. The molecule has 3 aromatic rings. The third-order valence-corrected chi connectivity index (χ3v) is 4.59. The molecular formula is C24H23NO3. The number of anilines is 1. The van der Waals surface area contributed by atoms with Gasteiger partial charge in [-0.25, -0.2) is 0 Å². The van der Waals surface area contributed by atoms with Crippen LogP contribution in [0.2, 0.25) is 0 Å². The van der Waals surface area contributed by atoms with Crippen LogP contribution >= 0.6 is 0 Å². The maximum Gasteiger partial charge on any atom is 0.318 e. The highest BCUT2D eigenvalue weighted by Crippen LogP contribution is 2.26. The first-order valence-corrected chi connectivity index (χ1v) is 9.19. The molecule has 4 heteroatoms. The highest BCUT2D eigenvalue weighted by atomic mass is 16.5. The van der Waals surface area contributed by atoms with E-state index in [1.165, 1.54) is 0 Å². The van der Waals surface area contributed by atoms with Crippen LogP contribution < -0.4 is 5.32 Å². The van der Waals surface area contributed by atoms with E-state index >= 15 is 0 Å². The summed E-state index contributed by atoms with van der Waals surface area (Å²) >= 11 is 0. The summed E-state index contributed by atoms with van der Waals surface area (Å²) in [6, 6.07) is 24.6. The summed E-state index contributed by atoms with van der Waals surface area (Å²) in [4.78, 5) is 25.2. The number of para-hydroxylation sites is 1. The van der Waals surface area contributed by atoms with Crippen LogP contribution in [-0.2, 0) is 14.3 Å². The van der Waals surface area contributed by atoms with Gasteiger partial charge < -0.3 is 10.1 Å². The van der Waals surface area contributed by atoms with Crippen molar-refractivity contribution >= 4 is 17.6 Å². The Kier molecular flexibility index (Phi) is 6.22. The first-order valence-electron chi connectivity index (χ1n) is 9.19. The second-order valence-corrected chi connectivity index (χ2v) is 6.68. The molecule has 0 radical (unpaired) electrons. The molecule has 3 aromatic carbocycles. The van der Waals surface area contributed by atoms with Crippen LogP contribution in [-0.4, -0.2) is 18.5 Å². The topological polar surface area (TPSA) is 55.4 Å². The fourth-order valence-corrected chi connectivity index (χ4v) is 3.16. The summed E-state index contributed by atoms with van der Waals surface area (Å²) in [5.41, 5.74) is 4.34. The van der Waals surface area contributed by atoms with E-state index in [4.69, 9.17) is 4.74 Å². The minimum absolute atomic E-state index is 0.331. The third kappa shape index (κ3) is 4.65. The zero-order valence-electron chi connectivity index (χ0n) is 16.0. The Bertz CT molecular complexity index is 892. The number of amides is 1. The van der Waals surface area contributed by atoms with E-state index in [1.54, 1.807) is 0 Å². The normalized spacial score (nSPS) is 10.5. The molecule has 1 N–H and O–H groups in total. The van der Waals surface area contributed by atoms with E-state index in [0.29, 0.717) is 0 Å². The number of ether oxygens (including phenoxy) is 1. The number of aryl methyl sites for hydroxylation is 2. The van der Waals surface area contributed by atoms with E-state index in [0.717, 1.165) is 27.9 Å². The highest BCUT2D eigenvalue weighted by Gasteiger charge is 2.24. The smallest absolute Gasteiger partial charge is 0.318 e. The second-order valence-electron chi connectivity index (χ2n) is 6.68. The Morgan fingerprint density at radius 2 is 1.29 bits per heavy atom. The lowest BCUT2D eigenvalue weighted by atomic mass is 9.91. The fraction of sp³-hybridized carbons (Fsp3) is 0.167. The van der Waals surface area contributed by atoms with E-state index in [1.807, 2.05) is 92.7 Å². The first kappa shape index (κ1) is 19.4. The van der Waals surface area contributed by atoms with Crippen molar-refractivity contribution in [1.82, 2.24) is 0 Å². The van der Waals surface area contributed by atoms with E-state index in [2.05, 4.69) is 5.32 Å². The Labute approximate surface area is 165 Å². The lowest BCUT2D eigenvalue weighted by Crippen LogP contribution is -2.25. The SMILES string of the molecule is Cc1cccc(C)c1NC(=O)COC(=O)C(c1ccccc1)c1ccccc1. The van der Waals surface area contributed by atoms with Gasteiger partial charge in [0.05, 0.1) is 0 Å². The Morgan fingerprint density at radius 3 is 1.79 bits per heavy atom. The van der Waals surface area contributed by atoms with Gasteiger partial charge in [-0.1, -0.05) is 78.9 Å². The van der Waals surface area contributed by atoms with Crippen molar-refractivity contribution in [2.24, 2.45) is 0 Å². The van der Waals surface area contributed by atoms with Crippen LogP contribution in [0, 0.1) is 13.8 Å². The largest absolute Gasteiger partial charge is 0.455 e. The van der Waals surface area contributed by atoms with Gasteiger partial charge in [-0.2, -0.15) is 0 Å². The van der Waals surface area contributed by atoms with Crippen molar-refractivity contribution in [2.75, 3.05) is 11.9 Å². The number of carbonyl (C=O) groups excluding carboxylic acids is 2. The number of hydrogen-bond acceptors (Lipinski definition) is 3. The van der Waals surface area contributed by atoms with Crippen LogP contribution in [0.3, 0.4) is 0 Å². The van der Waals surface area contributed by atoms with E-state index in [-0.39, 0.29) is 12.5 Å².